The molecular weight excluding hydrogens is 268 g/mol. The van der Waals surface area contributed by atoms with Gasteiger partial charge in [-0.1, -0.05) is 30.3 Å². The predicted molar refractivity (Wildman–Crippen MR) is 82.4 cm³/mol. The minimum atomic E-state index is -1.03. The number of benzene rings is 2. The van der Waals surface area contributed by atoms with E-state index in [9.17, 15) is 15.0 Å². The van der Waals surface area contributed by atoms with Crippen LogP contribution < -0.4 is 10.6 Å². The maximum Gasteiger partial charge on any atom is 0.337 e. The van der Waals surface area contributed by atoms with Crippen LogP contribution in [0.4, 0.5) is 11.4 Å². The lowest BCUT2D eigenvalue weighted by Crippen LogP contribution is -2.27. The Morgan fingerprint density at radius 2 is 1.86 bits per heavy atom. The van der Waals surface area contributed by atoms with Crippen molar-refractivity contribution in [1.29, 1.82) is 0 Å². The molecule has 110 valence electrons. The van der Waals surface area contributed by atoms with E-state index in [-0.39, 0.29) is 12.2 Å². The second-order valence-corrected chi connectivity index (χ2v) is 4.71. The molecule has 4 N–H and O–H groups in total. The summed E-state index contributed by atoms with van der Waals surface area (Å²) in [7, 11) is 0. The third-order valence-electron chi connectivity index (χ3n) is 3.18. The van der Waals surface area contributed by atoms with Crippen LogP contribution in [0.2, 0.25) is 0 Å². The molecule has 0 saturated heterocycles. The van der Waals surface area contributed by atoms with Gasteiger partial charge in [-0.3, -0.25) is 0 Å². The van der Waals surface area contributed by atoms with Gasteiger partial charge in [-0.05, 0) is 23.8 Å². The summed E-state index contributed by atoms with van der Waals surface area (Å²) < 4.78 is 0. The third-order valence-corrected chi connectivity index (χ3v) is 3.18. The number of nitrogens with two attached hydrogens (primary N) is 1. The molecule has 0 radical (unpaired) electrons. The van der Waals surface area contributed by atoms with Gasteiger partial charge in [0.25, 0.3) is 0 Å². The second-order valence-electron chi connectivity index (χ2n) is 4.71. The number of nitrogens with zero attached hydrogens (tertiary/aromatic N) is 1. The largest absolute Gasteiger partial charge is 0.478 e. The van der Waals surface area contributed by atoms with Gasteiger partial charge in [0, 0.05) is 18.8 Å². The van der Waals surface area contributed by atoms with Crippen molar-refractivity contribution in [1.82, 2.24) is 0 Å². The van der Waals surface area contributed by atoms with Gasteiger partial charge in [0.15, 0.2) is 0 Å². The summed E-state index contributed by atoms with van der Waals surface area (Å²) >= 11 is 0. The lowest BCUT2D eigenvalue weighted by atomic mass is 10.1. The van der Waals surface area contributed by atoms with E-state index in [4.69, 9.17) is 5.73 Å². The van der Waals surface area contributed by atoms with Gasteiger partial charge in [0.05, 0.1) is 17.9 Å². The van der Waals surface area contributed by atoms with Gasteiger partial charge in [-0.25, -0.2) is 4.79 Å². The molecule has 5 heteroatoms. The Morgan fingerprint density at radius 1 is 1.14 bits per heavy atom. The highest BCUT2D eigenvalue weighted by Crippen LogP contribution is 2.24. The minimum absolute atomic E-state index is 0.0593. The highest BCUT2D eigenvalue weighted by Gasteiger charge is 2.16. The molecule has 0 fully saturated rings. The number of carboxylic acids is 1. The maximum absolute atomic E-state index is 11.4. The Kier molecular flexibility index (Phi) is 4.79. The van der Waals surface area contributed by atoms with Crippen molar-refractivity contribution >= 4 is 17.3 Å². The van der Waals surface area contributed by atoms with Crippen molar-refractivity contribution < 1.29 is 15.0 Å². The number of aliphatic hydroxyl groups excluding tert-OH is 1. The van der Waals surface area contributed by atoms with Crippen LogP contribution in [0.5, 0.6) is 0 Å². The Morgan fingerprint density at radius 3 is 2.48 bits per heavy atom. The van der Waals surface area contributed by atoms with Gasteiger partial charge in [0.2, 0.25) is 0 Å². The smallest absolute Gasteiger partial charge is 0.337 e. The zero-order valence-corrected chi connectivity index (χ0v) is 11.6. The molecule has 0 unspecified atom stereocenters. The molecule has 0 aliphatic heterocycles. The second kappa shape index (κ2) is 6.76. The molecule has 0 spiro atoms. The summed E-state index contributed by atoms with van der Waals surface area (Å²) in [6.45, 7) is 0.807. The third kappa shape index (κ3) is 3.73. The van der Waals surface area contributed by atoms with E-state index >= 15 is 0 Å². The molecule has 0 amide bonds. The number of aromatic carboxylic acids is 1. The fourth-order valence-electron chi connectivity index (χ4n) is 2.21. The van der Waals surface area contributed by atoms with Gasteiger partial charge in [-0.15, -0.1) is 0 Å². The Balaban J connectivity index is 2.36. The summed E-state index contributed by atoms with van der Waals surface area (Å²) in [6.07, 6.45) is 0. The number of carboxylic acid groups (broad SMARTS) is 1. The normalized spacial score (nSPS) is 10.3. The van der Waals surface area contributed by atoms with E-state index in [1.165, 1.54) is 6.07 Å². The first-order valence-electron chi connectivity index (χ1n) is 6.64. The van der Waals surface area contributed by atoms with Gasteiger partial charge in [0.1, 0.15) is 0 Å². The summed E-state index contributed by atoms with van der Waals surface area (Å²) in [6, 6.07) is 14.5. The topological polar surface area (TPSA) is 86.8 Å². The molecule has 0 aromatic heterocycles. The van der Waals surface area contributed by atoms with Crippen LogP contribution >= 0.6 is 0 Å². The fraction of sp³-hybridized carbons (Fsp3) is 0.188. The number of rotatable bonds is 6. The zero-order valence-electron chi connectivity index (χ0n) is 11.6. The summed E-state index contributed by atoms with van der Waals surface area (Å²) in [5.41, 5.74) is 7.79. The maximum atomic E-state index is 11.4. The quantitative estimate of drug-likeness (QED) is 0.707. The molecule has 0 atom stereocenters. The molecule has 21 heavy (non-hydrogen) atoms. The Hall–Kier alpha value is -2.53. The van der Waals surface area contributed by atoms with Crippen molar-refractivity contribution in [3.05, 3.63) is 59.7 Å². The SMILES string of the molecule is Nc1ccc(N(CCO)Cc2ccccc2)c(C(=O)O)c1. The highest BCUT2D eigenvalue weighted by atomic mass is 16.4. The predicted octanol–water partition coefficient (Wildman–Crippen LogP) is 1.97. The van der Waals surface area contributed by atoms with E-state index in [2.05, 4.69) is 0 Å². The first-order chi connectivity index (χ1) is 10.1. The van der Waals surface area contributed by atoms with Crippen LogP contribution in [0.25, 0.3) is 0 Å². The molecule has 2 rings (SSSR count). The number of aliphatic hydroxyl groups is 1. The molecule has 0 bridgehead atoms. The number of carbonyl (C=O) groups is 1. The number of hydrogen-bond acceptors (Lipinski definition) is 4. The van der Waals surface area contributed by atoms with Gasteiger partial charge < -0.3 is 20.8 Å². The summed E-state index contributed by atoms with van der Waals surface area (Å²) in [5, 5.41) is 18.6. The van der Waals surface area contributed by atoms with Gasteiger partial charge in [-0.2, -0.15) is 0 Å². The van der Waals surface area contributed by atoms with Crippen LogP contribution in [0.1, 0.15) is 15.9 Å². The van der Waals surface area contributed by atoms with Gasteiger partial charge >= 0.3 is 5.97 Å². The van der Waals surface area contributed by atoms with Crippen molar-refractivity contribution in [2.45, 2.75) is 6.54 Å². The lowest BCUT2D eigenvalue weighted by molar-refractivity contribution is 0.0697. The summed E-state index contributed by atoms with van der Waals surface area (Å²) in [4.78, 5) is 13.2. The first kappa shape index (κ1) is 14.9. The molecule has 0 aliphatic rings. The van der Waals surface area contributed by atoms with E-state index < -0.39 is 5.97 Å². The van der Waals surface area contributed by atoms with Crippen LogP contribution in [-0.4, -0.2) is 29.3 Å². The van der Waals surface area contributed by atoms with E-state index in [0.29, 0.717) is 24.5 Å². The Bertz CT molecular complexity index is 614. The highest BCUT2D eigenvalue weighted by molar-refractivity contribution is 5.95. The minimum Gasteiger partial charge on any atom is -0.478 e. The average Bonchev–Trinajstić information content (AvgIpc) is 2.48. The number of hydrogen-bond donors (Lipinski definition) is 3. The summed E-state index contributed by atoms with van der Waals surface area (Å²) in [5.74, 6) is -1.03. The molecular formula is C16H18N2O3. The molecule has 2 aromatic carbocycles. The van der Waals surface area contributed by atoms with E-state index in [0.717, 1.165) is 5.56 Å². The van der Waals surface area contributed by atoms with Crippen molar-refractivity contribution in [3.8, 4) is 0 Å². The fourth-order valence-corrected chi connectivity index (χ4v) is 2.21. The van der Waals surface area contributed by atoms with Crippen LogP contribution in [0.15, 0.2) is 48.5 Å². The monoisotopic (exact) mass is 286 g/mol. The van der Waals surface area contributed by atoms with Crippen LogP contribution in [0, 0.1) is 0 Å². The average molecular weight is 286 g/mol. The standard InChI is InChI=1S/C16H18N2O3/c17-13-6-7-15(14(10-13)16(20)21)18(8-9-19)11-12-4-2-1-3-5-12/h1-7,10,19H,8-9,11,17H2,(H,20,21). The molecule has 5 nitrogen and oxygen atoms in total. The Labute approximate surface area is 123 Å². The van der Waals surface area contributed by atoms with E-state index in [1.807, 2.05) is 35.2 Å². The number of nitrogen functional groups attached to an aromatic ring is 1. The van der Waals surface area contributed by atoms with Crippen molar-refractivity contribution in [3.63, 3.8) is 0 Å². The molecule has 0 saturated carbocycles. The van der Waals surface area contributed by atoms with Crippen molar-refractivity contribution in [2.24, 2.45) is 0 Å². The molecule has 0 aliphatic carbocycles. The van der Waals surface area contributed by atoms with Crippen LogP contribution in [-0.2, 0) is 6.54 Å². The lowest BCUT2D eigenvalue weighted by Gasteiger charge is -2.25. The molecule has 2 aromatic rings. The first-order valence-corrected chi connectivity index (χ1v) is 6.64. The molecule has 0 heterocycles. The zero-order chi connectivity index (χ0) is 15.2. The van der Waals surface area contributed by atoms with Crippen molar-refractivity contribution in [2.75, 3.05) is 23.8 Å². The van der Waals surface area contributed by atoms with E-state index in [1.54, 1.807) is 12.1 Å². The number of anilines is 2. The van der Waals surface area contributed by atoms with Crippen LogP contribution in [0.3, 0.4) is 0 Å².